The molecule has 0 aromatic heterocycles. The second kappa shape index (κ2) is 12.8. The Morgan fingerprint density at radius 1 is 1.17 bits per heavy atom. The number of carboxylic acids is 1. The lowest BCUT2D eigenvalue weighted by Crippen LogP contribution is -2.24. The molecule has 0 spiro atoms. The lowest BCUT2D eigenvalue weighted by molar-refractivity contribution is -0.133. The number of thioether (sulfide) groups is 1. The highest BCUT2D eigenvalue weighted by atomic mass is 32.2. The Balaban J connectivity index is 0.000000735. The number of para-hydroxylation sites is 1. The molecule has 5 nitrogen and oxygen atoms in total. The Bertz CT molecular complexity index is 801. The van der Waals surface area contributed by atoms with Crippen LogP contribution >= 0.6 is 23.7 Å². The average molecular weight is 449 g/mol. The number of hydrogen-bond acceptors (Lipinski definition) is 6. The van der Waals surface area contributed by atoms with Gasteiger partial charge in [0.1, 0.15) is 5.75 Å². The van der Waals surface area contributed by atoms with Crippen molar-refractivity contribution in [3.05, 3.63) is 48.0 Å². The van der Waals surface area contributed by atoms with Gasteiger partial charge in [-0.3, -0.25) is 4.79 Å². The monoisotopic (exact) mass is 448 g/mol. The number of nitrogens with zero attached hydrogens (tertiary/aromatic N) is 2. The van der Waals surface area contributed by atoms with Gasteiger partial charge in [-0.1, -0.05) is 44.9 Å². The fraction of sp³-hybridized carbons (Fsp3) is 0.435. The van der Waals surface area contributed by atoms with Crippen LogP contribution in [0.2, 0.25) is 0 Å². The number of aliphatic carboxylic acids is 1. The summed E-state index contributed by atoms with van der Waals surface area (Å²) < 4.78 is 7.84. The molecule has 0 radical (unpaired) electrons. The number of benzene rings is 2. The molecule has 0 fully saturated rings. The van der Waals surface area contributed by atoms with E-state index in [9.17, 15) is 4.79 Å². The predicted molar refractivity (Wildman–Crippen MR) is 129 cm³/mol. The van der Waals surface area contributed by atoms with Crippen molar-refractivity contribution < 1.29 is 14.6 Å². The number of likely N-dealkylation sites (N-methyl/N-ethyl adjacent to an activating group) is 1. The van der Waals surface area contributed by atoms with E-state index in [1.54, 1.807) is 19.1 Å². The van der Waals surface area contributed by atoms with Crippen LogP contribution in [0.5, 0.6) is 5.75 Å². The van der Waals surface area contributed by atoms with E-state index >= 15 is 0 Å². The van der Waals surface area contributed by atoms with E-state index in [-0.39, 0.29) is 5.75 Å². The summed E-state index contributed by atoms with van der Waals surface area (Å²) in [5, 5.41) is 8.87. The highest BCUT2D eigenvalue weighted by Gasteiger charge is 2.22. The second-order valence-electron chi connectivity index (χ2n) is 6.95. The van der Waals surface area contributed by atoms with Crippen molar-refractivity contribution in [2.45, 2.75) is 37.3 Å². The number of fused-ring (bicyclic) bond motifs is 1. The second-order valence-corrected chi connectivity index (χ2v) is 9.18. The molecular formula is C23H32N2O3S2. The predicted octanol–water partition coefficient (Wildman–Crippen LogP) is 5.91. The quantitative estimate of drug-likeness (QED) is 0.528. The van der Waals surface area contributed by atoms with Crippen molar-refractivity contribution in [3.8, 4) is 5.75 Å². The first-order chi connectivity index (χ1) is 14.5. The highest BCUT2D eigenvalue weighted by Crippen LogP contribution is 2.42. The third-order valence-electron chi connectivity index (χ3n) is 4.60. The third-order valence-corrected chi connectivity index (χ3v) is 6.58. The molecule has 164 valence electrons. The van der Waals surface area contributed by atoms with Crippen LogP contribution in [0.25, 0.3) is 0 Å². The summed E-state index contributed by atoms with van der Waals surface area (Å²) >= 11 is 3.10. The normalized spacial score (nSPS) is 13.7. The molecule has 1 aliphatic heterocycles. The van der Waals surface area contributed by atoms with Crippen molar-refractivity contribution in [2.24, 2.45) is 0 Å². The number of carbonyl (C=O) groups is 1. The summed E-state index contributed by atoms with van der Waals surface area (Å²) in [5.41, 5.74) is 3.29. The van der Waals surface area contributed by atoms with Gasteiger partial charge in [0.25, 0.3) is 0 Å². The van der Waals surface area contributed by atoms with Crippen LogP contribution in [0.1, 0.15) is 32.3 Å². The molecule has 0 aliphatic carbocycles. The largest absolute Gasteiger partial charge is 0.496 e. The molecule has 7 heteroatoms. The molecule has 2 aromatic rings. The lowest BCUT2D eigenvalue weighted by Gasteiger charge is -2.25. The molecule has 3 rings (SSSR count). The van der Waals surface area contributed by atoms with Crippen LogP contribution in [0, 0.1) is 0 Å². The molecular weight excluding hydrogens is 416 g/mol. The SMILES string of the molecule is CCCC.COc1cc2c(cc1CSCC(=O)O)SN(C)CCN2c1ccccc1. The van der Waals surface area contributed by atoms with Crippen LogP contribution in [-0.2, 0) is 10.5 Å². The van der Waals surface area contributed by atoms with Crippen LogP contribution < -0.4 is 9.64 Å². The first-order valence-electron chi connectivity index (χ1n) is 10.2. The molecule has 0 saturated heterocycles. The lowest BCUT2D eigenvalue weighted by atomic mass is 10.1. The summed E-state index contributed by atoms with van der Waals surface area (Å²) in [6.07, 6.45) is 2.64. The van der Waals surface area contributed by atoms with Gasteiger partial charge in [-0.15, -0.1) is 11.8 Å². The Hall–Kier alpha value is -1.83. The zero-order valence-corrected chi connectivity index (χ0v) is 19.9. The average Bonchev–Trinajstić information content (AvgIpc) is 2.91. The van der Waals surface area contributed by atoms with Crippen molar-refractivity contribution in [1.29, 1.82) is 0 Å². The number of hydrogen-bond donors (Lipinski definition) is 1. The van der Waals surface area contributed by atoms with Gasteiger partial charge < -0.3 is 14.7 Å². The number of ether oxygens (including phenoxy) is 1. The number of carboxylic acid groups (broad SMARTS) is 1. The number of rotatable bonds is 7. The Morgan fingerprint density at radius 2 is 1.87 bits per heavy atom. The molecule has 1 aliphatic rings. The molecule has 0 unspecified atom stereocenters. The van der Waals surface area contributed by atoms with Crippen LogP contribution in [0.3, 0.4) is 0 Å². The fourth-order valence-corrected chi connectivity index (χ4v) is 4.57. The van der Waals surface area contributed by atoms with Gasteiger partial charge in [0.15, 0.2) is 0 Å². The van der Waals surface area contributed by atoms with Gasteiger partial charge in [0.05, 0.1) is 18.6 Å². The minimum absolute atomic E-state index is 0.0867. The zero-order chi connectivity index (χ0) is 21.9. The standard InChI is InChI=1S/C19H22N2O3S2.C4H10/c1-20-8-9-21(15-6-4-3-5-7-15)16-11-17(24-2)14(10-18(16)26-20)12-25-13-19(22)23;1-3-4-2/h3-7,10-11H,8-9,12-13H2,1-2H3,(H,22,23);3-4H2,1-2H3. The summed E-state index contributed by atoms with van der Waals surface area (Å²) in [4.78, 5) is 14.3. The molecule has 30 heavy (non-hydrogen) atoms. The zero-order valence-electron chi connectivity index (χ0n) is 18.3. The van der Waals surface area contributed by atoms with Crippen molar-refractivity contribution in [1.82, 2.24) is 4.31 Å². The molecule has 0 bridgehead atoms. The maximum Gasteiger partial charge on any atom is 0.313 e. The Labute approximate surface area is 188 Å². The van der Waals surface area contributed by atoms with Crippen molar-refractivity contribution in [3.63, 3.8) is 0 Å². The molecule has 0 saturated carbocycles. The van der Waals surface area contributed by atoms with Gasteiger partial charge in [-0.25, -0.2) is 4.31 Å². The van der Waals surface area contributed by atoms with Crippen molar-refractivity contribution in [2.75, 3.05) is 37.9 Å². The smallest absolute Gasteiger partial charge is 0.313 e. The van der Waals surface area contributed by atoms with Gasteiger partial charge >= 0.3 is 5.97 Å². The van der Waals surface area contributed by atoms with E-state index in [1.165, 1.54) is 24.6 Å². The minimum atomic E-state index is -0.798. The summed E-state index contributed by atoms with van der Waals surface area (Å²) in [5.74, 6) is 0.697. The summed E-state index contributed by atoms with van der Waals surface area (Å²) in [7, 11) is 3.75. The van der Waals surface area contributed by atoms with E-state index in [0.29, 0.717) is 5.75 Å². The summed E-state index contributed by atoms with van der Waals surface area (Å²) in [6.45, 7) is 6.18. The maximum absolute atomic E-state index is 10.8. The van der Waals surface area contributed by atoms with Gasteiger partial charge in [-0.2, -0.15) is 0 Å². The van der Waals surface area contributed by atoms with Crippen LogP contribution in [0.15, 0.2) is 47.4 Å². The Kier molecular flexibility index (Phi) is 10.4. The molecule has 0 atom stereocenters. The number of anilines is 2. The van der Waals surface area contributed by atoms with E-state index in [1.807, 2.05) is 18.2 Å². The van der Waals surface area contributed by atoms with E-state index in [4.69, 9.17) is 9.84 Å². The Morgan fingerprint density at radius 3 is 2.47 bits per heavy atom. The minimum Gasteiger partial charge on any atom is -0.496 e. The molecule has 2 aromatic carbocycles. The maximum atomic E-state index is 10.8. The van der Waals surface area contributed by atoms with Crippen LogP contribution in [0.4, 0.5) is 11.4 Å². The first-order valence-corrected chi connectivity index (χ1v) is 12.1. The van der Waals surface area contributed by atoms with Gasteiger partial charge in [-0.05, 0) is 37.2 Å². The highest BCUT2D eigenvalue weighted by molar-refractivity contribution is 7.99. The van der Waals surface area contributed by atoms with Gasteiger partial charge in [0, 0.05) is 41.1 Å². The third kappa shape index (κ3) is 7.15. The molecule has 0 amide bonds. The summed E-state index contributed by atoms with van der Waals surface area (Å²) in [6, 6.07) is 14.5. The molecule has 1 N–H and O–H groups in total. The van der Waals surface area contributed by atoms with Gasteiger partial charge in [0.2, 0.25) is 0 Å². The molecule has 1 heterocycles. The van der Waals surface area contributed by atoms with Crippen LogP contribution in [-0.4, -0.2) is 48.4 Å². The topological polar surface area (TPSA) is 53.0 Å². The first kappa shape index (κ1) is 24.4. The van der Waals surface area contributed by atoms with E-state index in [2.05, 4.69) is 54.4 Å². The van der Waals surface area contributed by atoms with E-state index < -0.39 is 5.97 Å². The van der Waals surface area contributed by atoms with E-state index in [0.717, 1.165) is 40.7 Å². The number of methoxy groups -OCH3 is 1. The number of unbranched alkanes of at least 4 members (excludes halogenated alkanes) is 1. The van der Waals surface area contributed by atoms with Crippen molar-refractivity contribution >= 4 is 41.1 Å². The fourth-order valence-electron chi connectivity index (χ4n) is 2.88.